The third kappa shape index (κ3) is 4.79. The standard InChI is InChI=1S/C18H24N2O2S/c1-11(2)16-7-6-12(3)8-17(16)22-13(4)18(21)19-9-15-10-23-14(5)20-15/h6-8,10-11,13H,9H2,1-5H3,(H,19,21)/t13-/m0/s1. The number of carbonyl (C=O) groups excluding carboxylic acids is 1. The highest BCUT2D eigenvalue weighted by Crippen LogP contribution is 2.28. The Morgan fingerprint density at radius 3 is 2.65 bits per heavy atom. The molecule has 0 aliphatic carbocycles. The molecule has 4 nitrogen and oxygen atoms in total. The van der Waals surface area contributed by atoms with Crippen LogP contribution in [0.5, 0.6) is 5.75 Å². The molecule has 0 aliphatic rings. The van der Waals surface area contributed by atoms with E-state index in [4.69, 9.17) is 4.74 Å². The van der Waals surface area contributed by atoms with Crippen LogP contribution >= 0.6 is 11.3 Å². The van der Waals surface area contributed by atoms with Crippen molar-refractivity contribution in [2.45, 2.75) is 53.2 Å². The molecule has 0 spiro atoms. The molecule has 0 fully saturated rings. The lowest BCUT2D eigenvalue weighted by atomic mass is 10.0. The first-order valence-corrected chi connectivity index (χ1v) is 8.70. The van der Waals surface area contributed by atoms with Gasteiger partial charge < -0.3 is 10.1 Å². The van der Waals surface area contributed by atoms with Crippen LogP contribution in [0.3, 0.4) is 0 Å². The fraction of sp³-hybridized carbons (Fsp3) is 0.444. The molecule has 1 aromatic carbocycles. The Labute approximate surface area is 141 Å². The summed E-state index contributed by atoms with van der Waals surface area (Å²) in [5, 5.41) is 5.83. The van der Waals surface area contributed by atoms with Gasteiger partial charge in [0.1, 0.15) is 5.75 Å². The topological polar surface area (TPSA) is 51.2 Å². The van der Waals surface area contributed by atoms with E-state index >= 15 is 0 Å². The lowest BCUT2D eigenvalue weighted by Crippen LogP contribution is -2.36. The Kier molecular flexibility index (Phi) is 5.77. The molecule has 124 valence electrons. The van der Waals surface area contributed by atoms with Gasteiger partial charge in [-0.15, -0.1) is 11.3 Å². The number of amides is 1. The Balaban J connectivity index is 1.99. The first-order valence-electron chi connectivity index (χ1n) is 7.82. The van der Waals surface area contributed by atoms with E-state index < -0.39 is 6.10 Å². The van der Waals surface area contributed by atoms with E-state index in [0.29, 0.717) is 12.5 Å². The highest BCUT2D eigenvalue weighted by Gasteiger charge is 2.17. The van der Waals surface area contributed by atoms with E-state index in [9.17, 15) is 4.79 Å². The maximum absolute atomic E-state index is 12.2. The summed E-state index contributed by atoms with van der Waals surface area (Å²) in [6.45, 7) is 10.4. The van der Waals surface area contributed by atoms with Gasteiger partial charge in [0, 0.05) is 5.38 Å². The largest absolute Gasteiger partial charge is 0.481 e. The third-order valence-electron chi connectivity index (χ3n) is 3.57. The van der Waals surface area contributed by atoms with Gasteiger partial charge >= 0.3 is 0 Å². The summed E-state index contributed by atoms with van der Waals surface area (Å²) in [6, 6.07) is 6.12. The number of aryl methyl sites for hydroxylation is 2. The van der Waals surface area contributed by atoms with Crippen LogP contribution in [0.4, 0.5) is 0 Å². The van der Waals surface area contributed by atoms with Crippen molar-refractivity contribution in [3.05, 3.63) is 45.4 Å². The van der Waals surface area contributed by atoms with Gasteiger partial charge in [-0.2, -0.15) is 0 Å². The lowest BCUT2D eigenvalue weighted by molar-refractivity contribution is -0.127. The van der Waals surface area contributed by atoms with E-state index in [1.807, 2.05) is 25.3 Å². The number of hydrogen-bond acceptors (Lipinski definition) is 4. The smallest absolute Gasteiger partial charge is 0.261 e. The van der Waals surface area contributed by atoms with E-state index in [-0.39, 0.29) is 5.91 Å². The molecule has 1 atom stereocenters. The van der Waals surface area contributed by atoms with Gasteiger partial charge in [-0.25, -0.2) is 4.98 Å². The number of hydrogen-bond donors (Lipinski definition) is 1. The summed E-state index contributed by atoms with van der Waals surface area (Å²) in [5.74, 6) is 0.998. The molecule has 0 unspecified atom stereocenters. The summed E-state index contributed by atoms with van der Waals surface area (Å²) < 4.78 is 5.91. The van der Waals surface area contributed by atoms with Crippen molar-refractivity contribution in [1.82, 2.24) is 10.3 Å². The molecule has 2 aromatic rings. The number of aromatic nitrogens is 1. The molecular formula is C18H24N2O2S. The molecular weight excluding hydrogens is 308 g/mol. The normalized spacial score (nSPS) is 12.3. The molecule has 1 amide bonds. The molecule has 2 rings (SSSR count). The third-order valence-corrected chi connectivity index (χ3v) is 4.40. The summed E-state index contributed by atoms with van der Waals surface area (Å²) >= 11 is 1.58. The zero-order valence-corrected chi connectivity index (χ0v) is 15.2. The summed E-state index contributed by atoms with van der Waals surface area (Å²) in [5.41, 5.74) is 3.12. The highest BCUT2D eigenvalue weighted by molar-refractivity contribution is 7.09. The molecule has 1 heterocycles. The second kappa shape index (κ2) is 7.59. The van der Waals surface area contributed by atoms with Crippen molar-refractivity contribution < 1.29 is 9.53 Å². The predicted molar refractivity (Wildman–Crippen MR) is 94.1 cm³/mol. The highest BCUT2D eigenvalue weighted by atomic mass is 32.1. The molecule has 0 bridgehead atoms. The minimum absolute atomic E-state index is 0.133. The number of carbonyl (C=O) groups is 1. The predicted octanol–water partition coefficient (Wildman–Crippen LogP) is 3.97. The monoisotopic (exact) mass is 332 g/mol. The fourth-order valence-electron chi connectivity index (χ4n) is 2.28. The van der Waals surface area contributed by atoms with Crippen molar-refractivity contribution in [3.63, 3.8) is 0 Å². The Hall–Kier alpha value is -1.88. The maximum atomic E-state index is 12.2. The first-order chi connectivity index (χ1) is 10.9. The van der Waals surface area contributed by atoms with E-state index in [1.54, 1.807) is 18.3 Å². The van der Waals surface area contributed by atoms with Gasteiger partial charge in [0.25, 0.3) is 5.91 Å². The summed E-state index contributed by atoms with van der Waals surface area (Å²) in [7, 11) is 0. The molecule has 5 heteroatoms. The maximum Gasteiger partial charge on any atom is 0.261 e. The summed E-state index contributed by atoms with van der Waals surface area (Å²) in [6.07, 6.45) is -0.547. The van der Waals surface area contributed by atoms with Crippen molar-refractivity contribution in [2.24, 2.45) is 0 Å². The molecule has 0 radical (unpaired) electrons. The van der Waals surface area contributed by atoms with Gasteiger partial charge in [-0.1, -0.05) is 26.0 Å². The van der Waals surface area contributed by atoms with Gasteiger partial charge in [-0.05, 0) is 43.9 Å². The van der Waals surface area contributed by atoms with Crippen molar-refractivity contribution >= 4 is 17.2 Å². The number of nitrogens with one attached hydrogen (secondary N) is 1. The van der Waals surface area contributed by atoms with Gasteiger partial charge in [0.05, 0.1) is 17.2 Å². The minimum Gasteiger partial charge on any atom is -0.481 e. The summed E-state index contributed by atoms with van der Waals surface area (Å²) in [4.78, 5) is 16.6. The SMILES string of the molecule is Cc1ccc(C(C)C)c(O[C@@H](C)C(=O)NCc2csc(C)n2)c1. The van der Waals surface area contributed by atoms with Crippen LogP contribution in [0.25, 0.3) is 0 Å². The second-order valence-electron chi connectivity index (χ2n) is 6.03. The average Bonchev–Trinajstić information content (AvgIpc) is 2.90. The Morgan fingerprint density at radius 2 is 2.04 bits per heavy atom. The van der Waals surface area contributed by atoms with E-state index in [1.165, 1.54) is 0 Å². The van der Waals surface area contributed by atoms with Crippen LogP contribution in [0.15, 0.2) is 23.6 Å². The van der Waals surface area contributed by atoms with Crippen LogP contribution in [-0.2, 0) is 11.3 Å². The first kappa shape index (κ1) is 17.5. The molecule has 0 saturated carbocycles. The fourth-order valence-corrected chi connectivity index (χ4v) is 2.89. The van der Waals surface area contributed by atoms with Crippen LogP contribution in [0, 0.1) is 13.8 Å². The molecule has 0 saturated heterocycles. The molecule has 1 aromatic heterocycles. The number of benzene rings is 1. The average molecular weight is 332 g/mol. The van der Waals surface area contributed by atoms with Crippen molar-refractivity contribution in [2.75, 3.05) is 0 Å². The second-order valence-corrected chi connectivity index (χ2v) is 7.09. The van der Waals surface area contributed by atoms with Crippen LogP contribution in [-0.4, -0.2) is 17.0 Å². The quantitative estimate of drug-likeness (QED) is 0.871. The number of ether oxygens (including phenoxy) is 1. The van der Waals surface area contributed by atoms with Crippen LogP contribution < -0.4 is 10.1 Å². The zero-order chi connectivity index (χ0) is 17.0. The van der Waals surface area contributed by atoms with Crippen molar-refractivity contribution in [3.8, 4) is 5.75 Å². The number of rotatable bonds is 6. The zero-order valence-electron chi connectivity index (χ0n) is 14.3. The van der Waals surface area contributed by atoms with E-state index in [2.05, 4.69) is 36.3 Å². The minimum atomic E-state index is -0.547. The molecule has 1 N–H and O–H groups in total. The van der Waals surface area contributed by atoms with Crippen LogP contribution in [0.2, 0.25) is 0 Å². The van der Waals surface area contributed by atoms with Gasteiger partial charge in [0.15, 0.2) is 6.10 Å². The number of thiazole rings is 1. The molecule has 23 heavy (non-hydrogen) atoms. The van der Waals surface area contributed by atoms with E-state index in [0.717, 1.165) is 27.6 Å². The number of nitrogens with zero attached hydrogens (tertiary/aromatic N) is 1. The lowest BCUT2D eigenvalue weighted by Gasteiger charge is -2.19. The Morgan fingerprint density at radius 1 is 1.30 bits per heavy atom. The van der Waals surface area contributed by atoms with Crippen molar-refractivity contribution in [1.29, 1.82) is 0 Å². The van der Waals surface area contributed by atoms with Crippen LogP contribution in [0.1, 0.15) is 48.5 Å². The van der Waals surface area contributed by atoms with Gasteiger partial charge in [-0.3, -0.25) is 4.79 Å². The Bertz CT molecular complexity index is 679. The molecule has 0 aliphatic heterocycles. The van der Waals surface area contributed by atoms with Gasteiger partial charge in [0.2, 0.25) is 0 Å².